The second-order valence-corrected chi connectivity index (χ2v) is 9.87. The molecule has 0 unspecified atom stereocenters. The number of nitrogens with zero attached hydrogens (tertiary/aromatic N) is 2. The Labute approximate surface area is 178 Å². The van der Waals surface area contributed by atoms with Gasteiger partial charge in [0.05, 0.1) is 11.4 Å². The molecule has 0 saturated heterocycles. The van der Waals surface area contributed by atoms with Crippen LogP contribution in [0.15, 0.2) is 30.3 Å². The van der Waals surface area contributed by atoms with Crippen molar-refractivity contribution >= 4 is 21.7 Å². The summed E-state index contributed by atoms with van der Waals surface area (Å²) in [5, 5.41) is 9.84. The summed E-state index contributed by atoms with van der Waals surface area (Å²) in [6.45, 7) is 6.82. The van der Waals surface area contributed by atoms with E-state index in [1.807, 2.05) is 37.6 Å². The lowest BCUT2D eigenvalue weighted by Gasteiger charge is -2.18. The minimum Gasteiger partial charge on any atom is -0.354 e. The molecule has 1 atom stereocenters. The van der Waals surface area contributed by atoms with Crippen LogP contribution in [-0.4, -0.2) is 54.6 Å². The zero-order chi connectivity index (χ0) is 22.3. The summed E-state index contributed by atoms with van der Waals surface area (Å²) < 4.78 is 25.0. The Balaban J connectivity index is 1.95. The van der Waals surface area contributed by atoms with Crippen molar-refractivity contribution in [3.63, 3.8) is 0 Å². The number of hydrogen-bond acceptors (Lipinski definition) is 5. The van der Waals surface area contributed by atoms with Crippen molar-refractivity contribution < 1.29 is 18.0 Å². The molecule has 8 nitrogen and oxygen atoms in total. The molecule has 2 rings (SSSR count). The summed E-state index contributed by atoms with van der Waals surface area (Å²) >= 11 is 0. The predicted octanol–water partition coefficient (Wildman–Crippen LogP) is 1.55. The number of sulfone groups is 1. The van der Waals surface area contributed by atoms with Crippen molar-refractivity contribution in [2.75, 3.05) is 18.6 Å². The summed E-state index contributed by atoms with van der Waals surface area (Å²) in [6.07, 6.45) is 1.79. The van der Waals surface area contributed by atoms with Crippen molar-refractivity contribution in [3.8, 4) is 0 Å². The minimum atomic E-state index is -3.27. The summed E-state index contributed by atoms with van der Waals surface area (Å²) in [5.41, 5.74) is 3.34. The molecule has 0 aliphatic heterocycles. The molecule has 0 spiro atoms. The molecule has 1 heterocycles. The summed E-state index contributed by atoms with van der Waals surface area (Å²) in [6, 6.07) is 8.06. The van der Waals surface area contributed by atoms with Gasteiger partial charge in [-0.25, -0.2) is 8.42 Å². The molecular weight excluding hydrogens is 404 g/mol. The second-order valence-electron chi connectivity index (χ2n) is 7.61. The van der Waals surface area contributed by atoms with E-state index < -0.39 is 27.7 Å². The van der Waals surface area contributed by atoms with Crippen LogP contribution in [0.5, 0.6) is 0 Å². The molecule has 9 heteroatoms. The van der Waals surface area contributed by atoms with E-state index in [0.29, 0.717) is 25.1 Å². The molecular formula is C21H30N4O4S. The average Bonchev–Trinajstić information content (AvgIpc) is 2.98. The van der Waals surface area contributed by atoms with Gasteiger partial charge in [-0.05, 0) is 51.8 Å². The van der Waals surface area contributed by atoms with Crippen LogP contribution in [0.1, 0.15) is 40.2 Å². The fourth-order valence-corrected chi connectivity index (χ4v) is 3.76. The van der Waals surface area contributed by atoms with E-state index in [-0.39, 0.29) is 12.2 Å². The van der Waals surface area contributed by atoms with Crippen LogP contribution < -0.4 is 10.6 Å². The normalized spacial score (nSPS) is 12.4. The number of carbonyl (C=O) groups excluding carboxylic acids is 2. The highest BCUT2D eigenvalue weighted by Gasteiger charge is 2.23. The van der Waals surface area contributed by atoms with E-state index in [2.05, 4.69) is 15.7 Å². The van der Waals surface area contributed by atoms with Gasteiger partial charge in [0.25, 0.3) is 5.91 Å². The lowest BCUT2D eigenvalue weighted by molar-refractivity contribution is -0.123. The van der Waals surface area contributed by atoms with Crippen molar-refractivity contribution in [3.05, 3.63) is 52.8 Å². The van der Waals surface area contributed by atoms with E-state index in [1.165, 1.54) is 0 Å². The zero-order valence-electron chi connectivity index (χ0n) is 17.9. The summed E-state index contributed by atoms with van der Waals surface area (Å²) in [4.78, 5) is 25.2. The van der Waals surface area contributed by atoms with Gasteiger partial charge in [0.1, 0.15) is 15.9 Å². The maximum absolute atomic E-state index is 12.6. The number of rotatable bonds is 10. The number of amides is 2. The van der Waals surface area contributed by atoms with E-state index in [0.717, 1.165) is 23.2 Å². The zero-order valence-corrected chi connectivity index (χ0v) is 18.8. The first-order valence-corrected chi connectivity index (χ1v) is 12.0. The van der Waals surface area contributed by atoms with Crippen LogP contribution in [-0.2, 0) is 21.2 Å². The monoisotopic (exact) mass is 434 g/mol. The van der Waals surface area contributed by atoms with Gasteiger partial charge in [-0.1, -0.05) is 17.7 Å². The Morgan fingerprint density at radius 3 is 2.50 bits per heavy atom. The first-order chi connectivity index (χ1) is 14.0. The van der Waals surface area contributed by atoms with Crippen molar-refractivity contribution in [2.45, 2.75) is 46.2 Å². The highest BCUT2D eigenvalue weighted by molar-refractivity contribution is 7.90. The average molecular weight is 435 g/mol. The van der Waals surface area contributed by atoms with Gasteiger partial charge < -0.3 is 10.6 Å². The Hall–Kier alpha value is -2.68. The smallest absolute Gasteiger partial charge is 0.251 e. The molecule has 0 aliphatic carbocycles. The topological polar surface area (TPSA) is 110 Å². The molecule has 2 amide bonds. The number of benzene rings is 1. The molecule has 164 valence electrons. The van der Waals surface area contributed by atoms with Crippen LogP contribution in [0.25, 0.3) is 0 Å². The molecule has 0 fully saturated rings. The third-order valence-electron chi connectivity index (χ3n) is 4.63. The van der Waals surface area contributed by atoms with Gasteiger partial charge in [-0.3, -0.25) is 14.3 Å². The van der Waals surface area contributed by atoms with Crippen LogP contribution in [0, 0.1) is 20.8 Å². The first kappa shape index (κ1) is 23.6. The molecule has 0 radical (unpaired) electrons. The Morgan fingerprint density at radius 2 is 1.90 bits per heavy atom. The maximum atomic E-state index is 12.6. The number of aromatic nitrogens is 2. The van der Waals surface area contributed by atoms with E-state index in [4.69, 9.17) is 0 Å². The first-order valence-electron chi connectivity index (χ1n) is 9.89. The van der Waals surface area contributed by atoms with Gasteiger partial charge in [0, 0.05) is 30.6 Å². The molecule has 1 aromatic heterocycles. The van der Waals surface area contributed by atoms with E-state index in [9.17, 15) is 18.0 Å². The predicted molar refractivity (Wildman–Crippen MR) is 116 cm³/mol. The minimum absolute atomic E-state index is 0.0136. The number of aryl methyl sites for hydroxylation is 4. The van der Waals surface area contributed by atoms with E-state index in [1.54, 1.807) is 18.2 Å². The third-order valence-corrected chi connectivity index (χ3v) is 5.61. The maximum Gasteiger partial charge on any atom is 0.251 e. The lowest BCUT2D eigenvalue weighted by Crippen LogP contribution is -2.47. The Bertz CT molecular complexity index is 998. The quantitative estimate of drug-likeness (QED) is 0.551. The van der Waals surface area contributed by atoms with Gasteiger partial charge >= 0.3 is 0 Å². The van der Waals surface area contributed by atoms with Gasteiger partial charge in [0.15, 0.2) is 0 Å². The summed E-state index contributed by atoms with van der Waals surface area (Å²) in [5.74, 6) is -0.992. The number of carbonyl (C=O) groups is 2. The number of nitrogens with one attached hydrogen (secondary N) is 2. The molecule has 1 aromatic carbocycles. The fraction of sp³-hybridized carbons (Fsp3) is 0.476. The van der Waals surface area contributed by atoms with Crippen LogP contribution in [0.3, 0.4) is 0 Å². The van der Waals surface area contributed by atoms with Crippen molar-refractivity contribution in [1.29, 1.82) is 0 Å². The SMILES string of the molecule is Cc1cccc(C(=O)N[C@H](CCS(C)(=O)=O)C(=O)NCCCn2nc(C)cc2C)c1. The highest BCUT2D eigenvalue weighted by atomic mass is 32.2. The van der Waals surface area contributed by atoms with Crippen molar-refractivity contribution in [2.24, 2.45) is 0 Å². The molecule has 2 N–H and O–H groups in total. The van der Waals surface area contributed by atoms with Crippen molar-refractivity contribution in [1.82, 2.24) is 20.4 Å². The second kappa shape index (κ2) is 10.4. The molecule has 30 heavy (non-hydrogen) atoms. The molecule has 0 aliphatic rings. The molecule has 0 bridgehead atoms. The van der Waals surface area contributed by atoms with Gasteiger partial charge in [-0.15, -0.1) is 0 Å². The lowest BCUT2D eigenvalue weighted by atomic mass is 10.1. The van der Waals surface area contributed by atoms with E-state index >= 15 is 0 Å². The largest absolute Gasteiger partial charge is 0.354 e. The molecule has 0 saturated carbocycles. The fourth-order valence-electron chi connectivity index (χ4n) is 3.09. The highest BCUT2D eigenvalue weighted by Crippen LogP contribution is 2.06. The van der Waals surface area contributed by atoms with Gasteiger partial charge in [0.2, 0.25) is 5.91 Å². The van der Waals surface area contributed by atoms with Crippen LogP contribution >= 0.6 is 0 Å². The van der Waals surface area contributed by atoms with Crippen LogP contribution in [0.4, 0.5) is 0 Å². The standard InChI is InChI=1S/C21H30N4O4S/c1-15-7-5-8-18(13-15)20(26)23-19(9-12-30(4,28)29)21(27)22-10-6-11-25-17(3)14-16(2)24-25/h5,7-8,13-14,19H,6,9-12H2,1-4H3,(H,22,27)(H,23,26)/t19-/m1/s1. The third kappa shape index (κ3) is 7.62. The summed E-state index contributed by atoms with van der Waals surface area (Å²) in [7, 11) is -3.27. The Kier molecular flexibility index (Phi) is 8.16. The number of hydrogen-bond donors (Lipinski definition) is 2. The van der Waals surface area contributed by atoms with Crippen LogP contribution in [0.2, 0.25) is 0 Å². The van der Waals surface area contributed by atoms with Gasteiger partial charge in [-0.2, -0.15) is 5.10 Å². The Morgan fingerprint density at radius 1 is 1.17 bits per heavy atom. The molecule has 2 aromatic rings.